The molecule has 14 heteroatoms. The van der Waals surface area contributed by atoms with Crippen LogP contribution >= 0.6 is 22.7 Å². The van der Waals surface area contributed by atoms with Gasteiger partial charge in [-0.05, 0) is 42.5 Å². The van der Waals surface area contributed by atoms with Crippen LogP contribution in [0.2, 0.25) is 0 Å². The molecular formula is C24H30N4O6S4. The van der Waals surface area contributed by atoms with E-state index in [1.165, 1.54) is 39.3 Å². The number of piperidine rings is 1. The highest BCUT2D eigenvalue weighted by Gasteiger charge is 2.35. The average Bonchev–Trinajstić information content (AvgIpc) is 3.59. The molecule has 1 amide bonds. The van der Waals surface area contributed by atoms with Crippen LogP contribution < -0.4 is 4.90 Å². The van der Waals surface area contributed by atoms with E-state index in [-0.39, 0.29) is 29.8 Å². The fourth-order valence-corrected chi connectivity index (χ4v) is 9.08. The van der Waals surface area contributed by atoms with Crippen molar-refractivity contribution in [3.05, 3.63) is 35.7 Å². The summed E-state index contributed by atoms with van der Waals surface area (Å²) in [5.74, 6) is -0.401. The van der Waals surface area contributed by atoms with E-state index in [1.54, 1.807) is 34.5 Å². The molecule has 2 saturated heterocycles. The third kappa shape index (κ3) is 5.96. The average molecular weight is 599 g/mol. The summed E-state index contributed by atoms with van der Waals surface area (Å²) in [6, 6.07) is 8.13. The van der Waals surface area contributed by atoms with E-state index in [4.69, 9.17) is 4.74 Å². The van der Waals surface area contributed by atoms with Gasteiger partial charge >= 0.3 is 0 Å². The number of thiazole rings is 1. The summed E-state index contributed by atoms with van der Waals surface area (Å²) in [6.45, 7) is 4.55. The van der Waals surface area contributed by atoms with Crippen LogP contribution in [0.25, 0.3) is 10.2 Å². The number of anilines is 1. The van der Waals surface area contributed by atoms with Crippen LogP contribution in [0.5, 0.6) is 0 Å². The summed E-state index contributed by atoms with van der Waals surface area (Å²) in [5.41, 5.74) is 0.637. The summed E-state index contributed by atoms with van der Waals surface area (Å²) in [4.78, 5) is 22.7. The number of aromatic nitrogens is 1. The van der Waals surface area contributed by atoms with Crippen LogP contribution in [0, 0.1) is 5.92 Å². The standard InChI is InChI=1S/C24H30N4O6S4/c1-37(30,31)19-4-5-20-21(17-19)36-24(25-20)28(11-10-26-12-14-34-15-13-26)23(29)18-6-8-27(9-7-18)38(32,33)22-3-2-16-35-22/h2-5,16-18H,6-15H2,1H3. The maximum atomic E-state index is 13.8. The van der Waals surface area contributed by atoms with Gasteiger partial charge in [0.25, 0.3) is 10.0 Å². The topological polar surface area (TPSA) is 117 Å². The first kappa shape index (κ1) is 27.6. The molecule has 2 fully saturated rings. The van der Waals surface area contributed by atoms with Gasteiger partial charge in [-0.15, -0.1) is 11.3 Å². The first-order valence-corrected chi connectivity index (χ1v) is 17.4. The summed E-state index contributed by atoms with van der Waals surface area (Å²) in [7, 11) is -6.92. The molecule has 0 spiro atoms. The lowest BCUT2D eigenvalue weighted by atomic mass is 9.96. The molecule has 38 heavy (non-hydrogen) atoms. The smallest absolute Gasteiger partial charge is 0.252 e. The van der Waals surface area contributed by atoms with E-state index in [1.807, 2.05) is 0 Å². The third-order valence-corrected chi connectivity index (χ3v) is 12.3. The van der Waals surface area contributed by atoms with Crippen molar-refractivity contribution in [2.24, 2.45) is 5.92 Å². The van der Waals surface area contributed by atoms with Crippen molar-refractivity contribution < 1.29 is 26.4 Å². The number of benzene rings is 1. The second kappa shape index (κ2) is 11.3. The molecular weight excluding hydrogens is 569 g/mol. The molecule has 0 unspecified atom stereocenters. The highest BCUT2D eigenvalue weighted by atomic mass is 32.2. The third-order valence-electron chi connectivity index (χ3n) is 6.91. The van der Waals surface area contributed by atoms with Gasteiger partial charge in [-0.25, -0.2) is 21.8 Å². The molecule has 4 heterocycles. The monoisotopic (exact) mass is 598 g/mol. The number of carbonyl (C=O) groups excluding carboxylic acids is 1. The van der Waals surface area contributed by atoms with Crippen LogP contribution in [-0.2, 0) is 29.4 Å². The molecule has 0 bridgehead atoms. The molecule has 0 saturated carbocycles. The Hall–Kier alpha value is -1.94. The Morgan fingerprint density at radius 3 is 2.50 bits per heavy atom. The normalized spacial score (nSPS) is 18.7. The molecule has 0 radical (unpaired) electrons. The van der Waals surface area contributed by atoms with E-state index in [9.17, 15) is 21.6 Å². The Kier molecular flexibility index (Phi) is 8.20. The number of ether oxygens (including phenoxy) is 1. The molecule has 2 aromatic heterocycles. The number of thiophene rings is 1. The Morgan fingerprint density at radius 2 is 1.84 bits per heavy atom. The molecule has 2 aliphatic heterocycles. The van der Waals surface area contributed by atoms with Crippen LogP contribution in [-0.4, -0.2) is 95.7 Å². The van der Waals surface area contributed by atoms with Crippen LogP contribution in [0.3, 0.4) is 0 Å². The Morgan fingerprint density at radius 1 is 1.11 bits per heavy atom. The molecule has 10 nitrogen and oxygen atoms in total. The Balaban J connectivity index is 1.36. The SMILES string of the molecule is CS(=O)(=O)c1ccc2nc(N(CCN3CCOCC3)C(=O)C3CCN(S(=O)(=O)c4cccs4)CC3)sc2c1. The number of rotatable bonds is 8. The fraction of sp³-hybridized carbons (Fsp3) is 0.500. The summed E-state index contributed by atoms with van der Waals surface area (Å²) in [5, 5.41) is 2.27. The van der Waals surface area contributed by atoms with Gasteiger partial charge in [0.1, 0.15) is 4.21 Å². The van der Waals surface area contributed by atoms with Crippen molar-refractivity contribution in [1.82, 2.24) is 14.2 Å². The first-order valence-electron chi connectivity index (χ1n) is 12.4. The zero-order valence-electron chi connectivity index (χ0n) is 21.0. The second-order valence-corrected chi connectivity index (χ2v) is 15.6. The lowest BCUT2D eigenvalue weighted by molar-refractivity contribution is -0.123. The van der Waals surface area contributed by atoms with Gasteiger partial charge in [-0.1, -0.05) is 17.4 Å². The second-order valence-electron chi connectivity index (χ2n) is 9.45. The van der Waals surface area contributed by atoms with Crippen molar-refractivity contribution >= 4 is 63.8 Å². The largest absolute Gasteiger partial charge is 0.379 e. The maximum Gasteiger partial charge on any atom is 0.252 e. The van der Waals surface area contributed by atoms with Gasteiger partial charge in [-0.3, -0.25) is 14.6 Å². The fourth-order valence-electron chi connectivity index (χ4n) is 4.71. The van der Waals surface area contributed by atoms with Crippen LogP contribution in [0.15, 0.2) is 44.8 Å². The number of hydrogen-bond acceptors (Lipinski definition) is 10. The van der Waals surface area contributed by atoms with Gasteiger partial charge in [-0.2, -0.15) is 4.31 Å². The van der Waals surface area contributed by atoms with Gasteiger partial charge in [0.2, 0.25) is 5.91 Å². The van der Waals surface area contributed by atoms with Gasteiger partial charge in [0, 0.05) is 51.4 Å². The highest BCUT2D eigenvalue weighted by molar-refractivity contribution is 7.91. The molecule has 0 aliphatic carbocycles. The van der Waals surface area contributed by atoms with Crippen LogP contribution in [0.1, 0.15) is 12.8 Å². The number of morpholine rings is 1. The van der Waals surface area contributed by atoms with Gasteiger partial charge in [0.05, 0.1) is 28.3 Å². The van der Waals surface area contributed by atoms with E-state index in [2.05, 4.69) is 9.88 Å². The zero-order chi connectivity index (χ0) is 26.9. The van der Waals surface area contributed by atoms with Gasteiger partial charge < -0.3 is 4.74 Å². The van der Waals surface area contributed by atoms with Crippen molar-refractivity contribution in [2.45, 2.75) is 21.9 Å². The molecule has 0 N–H and O–H groups in total. The minimum absolute atomic E-state index is 0.0752. The van der Waals surface area contributed by atoms with Crippen molar-refractivity contribution in [3.63, 3.8) is 0 Å². The molecule has 2 aliphatic rings. The minimum Gasteiger partial charge on any atom is -0.379 e. The molecule has 206 valence electrons. The molecule has 3 aromatic rings. The molecule has 1 aromatic carbocycles. The molecule has 0 atom stereocenters. The zero-order valence-corrected chi connectivity index (χ0v) is 24.2. The van der Waals surface area contributed by atoms with E-state index in [0.717, 1.165) is 13.1 Å². The van der Waals surface area contributed by atoms with E-state index < -0.39 is 19.9 Å². The first-order chi connectivity index (χ1) is 18.1. The van der Waals surface area contributed by atoms with Crippen molar-refractivity contribution in [1.29, 1.82) is 0 Å². The lowest BCUT2D eigenvalue weighted by Crippen LogP contribution is -2.47. The number of amides is 1. The maximum absolute atomic E-state index is 13.8. The lowest BCUT2D eigenvalue weighted by Gasteiger charge is -2.34. The number of carbonyl (C=O) groups is 1. The number of sulfone groups is 1. The predicted molar refractivity (Wildman–Crippen MR) is 148 cm³/mol. The summed E-state index contributed by atoms with van der Waals surface area (Å²) >= 11 is 2.49. The van der Waals surface area contributed by atoms with Crippen LogP contribution in [0.4, 0.5) is 5.13 Å². The summed E-state index contributed by atoms with van der Waals surface area (Å²) in [6.07, 6.45) is 2.03. The highest BCUT2D eigenvalue weighted by Crippen LogP contribution is 2.33. The summed E-state index contributed by atoms with van der Waals surface area (Å²) < 4.78 is 57.9. The van der Waals surface area contributed by atoms with E-state index >= 15 is 0 Å². The van der Waals surface area contributed by atoms with Gasteiger partial charge in [0.15, 0.2) is 15.0 Å². The van der Waals surface area contributed by atoms with Crippen molar-refractivity contribution in [2.75, 3.05) is 63.6 Å². The number of fused-ring (bicyclic) bond motifs is 1. The number of hydrogen-bond donors (Lipinski definition) is 0. The van der Waals surface area contributed by atoms with E-state index in [0.29, 0.717) is 58.7 Å². The quantitative estimate of drug-likeness (QED) is 0.388. The number of nitrogens with zero attached hydrogens (tertiary/aromatic N) is 4. The minimum atomic E-state index is -3.55. The molecule has 5 rings (SSSR count). The Labute approximate surface area is 230 Å². The predicted octanol–water partition coefficient (Wildman–Crippen LogP) is 2.53. The Bertz CT molecular complexity index is 1490. The van der Waals surface area contributed by atoms with Crippen molar-refractivity contribution in [3.8, 4) is 0 Å². The number of sulfonamides is 1.